The van der Waals surface area contributed by atoms with Gasteiger partial charge in [0.2, 0.25) is 0 Å². The lowest BCUT2D eigenvalue weighted by molar-refractivity contribution is -0.133. The zero-order valence-electron chi connectivity index (χ0n) is 16.0. The number of rotatable bonds is 11. The van der Waals surface area contributed by atoms with Gasteiger partial charge in [0.05, 0.1) is 6.61 Å². The molecule has 4 nitrogen and oxygen atoms in total. The first-order valence-electron chi connectivity index (χ1n) is 9.87. The van der Waals surface area contributed by atoms with Crippen molar-refractivity contribution >= 4 is 23.4 Å². The molecular formula is C22H29ClO4. The van der Waals surface area contributed by atoms with Crippen molar-refractivity contribution in [1.29, 1.82) is 0 Å². The van der Waals surface area contributed by atoms with Gasteiger partial charge in [-0.25, -0.2) is 4.79 Å². The van der Waals surface area contributed by atoms with E-state index in [0.717, 1.165) is 38.5 Å². The third-order valence-corrected chi connectivity index (χ3v) is 5.37. The molecule has 5 heteroatoms. The number of carboxylic acids is 1. The summed E-state index contributed by atoms with van der Waals surface area (Å²) in [5.41, 5.74) is 0.439. The van der Waals surface area contributed by atoms with E-state index < -0.39 is 5.97 Å². The summed E-state index contributed by atoms with van der Waals surface area (Å²) in [6.07, 6.45) is 8.15. The zero-order valence-corrected chi connectivity index (χ0v) is 16.7. The number of hydrogen-bond acceptors (Lipinski definition) is 3. The van der Waals surface area contributed by atoms with Crippen molar-refractivity contribution in [3.63, 3.8) is 0 Å². The molecule has 2 atom stereocenters. The Morgan fingerprint density at radius 2 is 2.04 bits per heavy atom. The zero-order chi connectivity index (χ0) is 19.6. The molecule has 0 aliphatic heterocycles. The van der Waals surface area contributed by atoms with Crippen molar-refractivity contribution in [1.82, 2.24) is 0 Å². The van der Waals surface area contributed by atoms with Gasteiger partial charge in [-0.1, -0.05) is 49.9 Å². The van der Waals surface area contributed by atoms with E-state index in [0.29, 0.717) is 35.8 Å². The van der Waals surface area contributed by atoms with E-state index in [9.17, 15) is 14.7 Å². The molecule has 2 rings (SSSR count). The van der Waals surface area contributed by atoms with Crippen LogP contribution in [0.1, 0.15) is 58.3 Å². The van der Waals surface area contributed by atoms with E-state index in [-0.39, 0.29) is 17.6 Å². The van der Waals surface area contributed by atoms with Gasteiger partial charge in [0.15, 0.2) is 0 Å². The van der Waals surface area contributed by atoms with Crippen LogP contribution in [0.2, 0.25) is 5.02 Å². The van der Waals surface area contributed by atoms with Crippen molar-refractivity contribution in [2.75, 3.05) is 6.61 Å². The molecule has 0 bridgehead atoms. The van der Waals surface area contributed by atoms with E-state index in [1.807, 2.05) is 18.2 Å². The number of ketones is 1. The van der Waals surface area contributed by atoms with E-state index in [1.165, 1.54) is 0 Å². The van der Waals surface area contributed by atoms with Crippen molar-refractivity contribution < 1.29 is 19.4 Å². The van der Waals surface area contributed by atoms with Gasteiger partial charge < -0.3 is 9.84 Å². The van der Waals surface area contributed by atoms with Crippen LogP contribution < -0.4 is 4.74 Å². The Bertz CT molecular complexity index is 668. The van der Waals surface area contributed by atoms with Gasteiger partial charge in [-0.3, -0.25) is 4.79 Å². The highest BCUT2D eigenvalue weighted by Crippen LogP contribution is 2.38. The summed E-state index contributed by atoms with van der Waals surface area (Å²) in [4.78, 5) is 24.4. The quantitative estimate of drug-likeness (QED) is 0.388. The minimum absolute atomic E-state index is 0.138. The largest absolute Gasteiger partial charge is 0.494 e. The lowest BCUT2D eigenvalue weighted by atomic mass is 9.84. The second-order valence-electron chi connectivity index (χ2n) is 7.13. The first-order valence-corrected chi connectivity index (χ1v) is 10.2. The maximum absolute atomic E-state index is 12.7. The first-order chi connectivity index (χ1) is 13.0. The molecule has 1 aromatic rings. The normalized spacial score (nSPS) is 19.9. The maximum atomic E-state index is 12.7. The molecule has 0 amide bonds. The monoisotopic (exact) mass is 392 g/mol. The molecule has 0 saturated heterocycles. The highest BCUT2D eigenvalue weighted by molar-refractivity contribution is 6.30. The summed E-state index contributed by atoms with van der Waals surface area (Å²) in [6, 6.07) is 7.19. The number of allylic oxidation sites excluding steroid dienone is 1. The van der Waals surface area contributed by atoms with Crippen molar-refractivity contribution in [2.45, 2.75) is 58.3 Å². The fourth-order valence-corrected chi connectivity index (χ4v) is 3.94. The average molecular weight is 393 g/mol. The van der Waals surface area contributed by atoms with Crippen LogP contribution in [0.5, 0.6) is 5.75 Å². The molecule has 0 spiro atoms. The van der Waals surface area contributed by atoms with Gasteiger partial charge >= 0.3 is 5.97 Å². The van der Waals surface area contributed by atoms with Crippen molar-refractivity contribution in [2.24, 2.45) is 11.8 Å². The van der Waals surface area contributed by atoms with Crippen molar-refractivity contribution in [3.05, 3.63) is 40.9 Å². The smallest absolute Gasteiger partial charge is 0.331 e. The molecule has 0 heterocycles. The van der Waals surface area contributed by atoms with Crippen LogP contribution in [0.15, 0.2) is 35.9 Å². The summed E-state index contributed by atoms with van der Waals surface area (Å²) in [5, 5.41) is 10.2. The molecule has 0 aromatic heterocycles. The molecule has 1 aliphatic carbocycles. The van der Waals surface area contributed by atoms with E-state index in [2.05, 4.69) is 6.92 Å². The number of carbonyl (C=O) groups excluding carboxylic acids is 1. The average Bonchev–Trinajstić information content (AvgIpc) is 3.11. The van der Waals surface area contributed by atoms with Gasteiger partial charge in [0.1, 0.15) is 11.5 Å². The fourth-order valence-electron chi connectivity index (χ4n) is 3.76. The molecule has 148 valence electrons. The summed E-state index contributed by atoms with van der Waals surface area (Å²) in [6.45, 7) is 2.53. The number of benzene rings is 1. The van der Waals surface area contributed by atoms with Crippen LogP contribution >= 0.6 is 11.6 Å². The van der Waals surface area contributed by atoms with E-state index in [4.69, 9.17) is 16.3 Å². The molecule has 0 unspecified atom stereocenters. The first kappa shape index (κ1) is 21.5. The Morgan fingerprint density at radius 3 is 2.74 bits per heavy atom. The predicted octanol–water partition coefficient (Wildman–Crippen LogP) is 5.69. The lowest BCUT2D eigenvalue weighted by Gasteiger charge is -2.19. The SMILES string of the molecule is CCCCC=C(C(=O)O)[C@H]1CCC[C@@H]1C(=O)CCCOc1cccc(Cl)c1. The second kappa shape index (κ2) is 11.1. The number of Topliss-reactive ketones (excluding diaryl/α,β-unsaturated/α-hetero) is 1. The number of carboxylic acid groups (broad SMARTS) is 1. The summed E-state index contributed by atoms with van der Waals surface area (Å²) < 4.78 is 5.64. The number of ether oxygens (including phenoxy) is 1. The summed E-state index contributed by atoms with van der Waals surface area (Å²) >= 11 is 5.92. The minimum atomic E-state index is -0.875. The lowest BCUT2D eigenvalue weighted by Crippen LogP contribution is -2.24. The Hall–Kier alpha value is -1.81. The molecule has 27 heavy (non-hydrogen) atoms. The number of aliphatic carboxylic acids is 1. The van der Waals surface area contributed by atoms with Gasteiger partial charge in [-0.05, 0) is 43.9 Å². The van der Waals surface area contributed by atoms with Gasteiger partial charge in [-0.2, -0.15) is 0 Å². The van der Waals surface area contributed by atoms with E-state index in [1.54, 1.807) is 12.1 Å². The topological polar surface area (TPSA) is 63.6 Å². The highest BCUT2D eigenvalue weighted by Gasteiger charge is 2.36. The third-order valence-electron chi connectivity index (χ3n) is 5.13. The van der Waals surface area contributed by atoms with E-state index >= 15 is 0 Å². The Labute approximate surface area is 166 Å². The van der Waals surface area contributed by atoms with Crippen LogP contribution in [0.25, 0.3) is 0 Å². The van der Waals surface area contributed by atoms with Crippen LogP contribution in [0.4, 0.5) is 0 Å². The van der Waals surface area contributed by atoms with Crippen molar-refractivity contribution in [3.8, 4) is 5.75 Å². The second-order valence-corrected chi connectivity index (χ2v) is 7.56. The maximum Gasteiger partial charge on any atom is 0.331 e. The molecule has 0 radical (unpaired) electrons. The van der Waals surface area contributed by atoms with Crippen LogP contribution in [-0.4, -0.2) is 23.5 Å². The summed E-state index contributed by atoms with van der Waals surface area (Å²) in [7, 11) is 0. The Kier molecular flexibility index (Phi) is 8.86. The van der Waals surface area contributed by atoms with Gasteiger partial charge in [0.25, 0.3) is 0 Å². The number of carbonyl (C=O) groups is 2. The predicted molar refractivity (Wildman–Crippen MR) is 107 cm³/mol. The number of halogens is 1. The minimum Gasteiger partial charge on any atom is -0.494 e. The van der Waals surface area contributed by atoms with Crippen LogP contribution in [0.3, 0.4) is 0 Å². The molecule has 1 aromatic carbocycles. The molecular weight excluding hydrogens is 364 g/mol. The van der Waals surface area contributed by atoms with Gasteiger partial charge in [0, 0.05) is 28.9 Å². The molecule has 1 saturated carbocycles. The fraction of sp³-hybridized carbons (Fsp3) is 0.545. The molecule has 1 aliphatic rings. The molecule has 1 fully saturated rings. The molecule has 1 N–H and O–H groups in total. The van der Waals surface area contributed by atoms with Crippen LogP contribution in [0, 0.1) is 11.8 Å². The van der Waals surface area contributed by atoms with Gasteiger partial charge in [-0.15, -0.1) is 0 Å². The Morgan fingerprint density at radius 1 is 1.26 bits per heavy atom. The highest BCUT2D eigenvalue weighted by atomic mass is 35.5. The number of unbranched alkanes of at least 4 members (excludes halogenated alkanes) is 2. The third kappa shape index (κ3) is 6.69. The van der Waals surface area contributed by atoms with Crippen LogP contribution in [-0.2, 0) is 9.59 Å². The summed E-state index contributed by atoms with van der Waals surface area (Å²) in [5.74, 6) is -0.323. The standard InChI is InChI=1S/C22H29ClO4/c1-2-3-4-10-20(22(25)26)18-11-6-12-19(18)21(24)13-7-14-27-17-9-5-8-16(23)15-17/h5,8-10,15,18-19H,2-4,6-7,11-14H2,1H3,(H,25,26)/t18-,19-/m0/s1. The number of hydrogen-bond donors (Lipinski definition) is 1. The Balaban J connectivity index is 1.86.